The van der Waals surface area contributed by atoms with Gasteiger partial charge in [-0.25, -0.2) is 0 Å². The van der Waals surface area contributed by atoms with Crippen LogP contribution in [0.4, 0.5) is 0 Å². The second-order valence-corrected chi connectivity index (χ2v) is 6.04. The van der Waals surface area contributed by atoms with E-state index in [1.807, 2.05) is 12.4 Å². The topological polar surface area (TPSA) is 31.4 Å². The molecule has 0 radical (unpaired) electrons. The van der Waals surface area contributed by atoms with Crippen molar-refractivity contribution in [3.8, 4) is 0 Å². The molecule has 0 saturated carbocycles. The summed E-state index contributed by atoms with van der Waals surface area (Å²) in [5, 5.41) is 3.73. The Bertz CT molecular complexity index is 421. The van der Waals surface area contributed by atoms with Crippen LogP contribution in [0.2, 0.25) is 0 Å². The van der Waals surface area contributed by atoms with Gasteiger partial charge in [-0.3, -0.25) is 9.88 Å². The molecular weight excluding hydrogens is 248 g/mol. The van der Waals surface area contributed by atoms with E-state index in [2.05, 4.69) is 54.1 Å². The first-order valence-corrected chi connectivity index (χ1v) is 7.65. The number of aromatic nitrogens is 1. The molecule has 1 saturated heterocycles. The van der Waals surface area contributed by atoms with E-state index in [1.54, 1.807) is 0 Å². The fraction of sp³-hybridized carbons (Fsp3) is 0.688. The molecule has 1 fully saturated rings. The maximum absolute atomic E-state index is 4.38. The molecule has 4 nitrogen and oxygen atoms in total. The largest absolute Gasteiger partial charge is 0.309 e. The SMILES string of the molecule is CCCNC(c1cncc(C)c1)C1CN(C)CCN1C. The quantitative estimate of drug-likeness (QED) is 0.886. The Hall–Kier alpha value is -0.970. The van der Waals surface area contributed by atoms with Crippen LogP contribution in [-0.2, 0) is 0 Å². The van der Waals surface area contributed by atoms with E-state index in [0.29, 0.717) is 12.1 Å². The van der Waals surface area contributed by atoms with Crippen LogP contribution in [0.15, 0.2) is 18.5 Å². The number of hydrogen-bond donors (Lipinski definition) is 1. The molecule has 2 unspecified atom stereocenters. The monoisotopic (exact) mass is 276 g/mol. The van der Waals surface area contributed by atoms with E-state index in [9.17, 15) is 0 Å². The lowest BCUT2D eigenvalue weighted by Crippen LogP contribution is -2.55. The van der Waals surface area contributed by atoms with Gasteiger partial charge in [-0.05, 0) is 45.1 Å². The lowest BCUT2D eigenvalue weighted by molar-refractivity contribution is 0.0875. The van der Waals surface area contributed by atoms with Gasteiger partial charge in [-0.2, -0.15) is 0 Å². The first kappa shape index (κ1) is 15.4. The Morgan fingerprint density at radius 3 is 2.85 bits per heavy atom. The normalized spacial score (nSPS) is 22.9. The van der Waals surface area contributed by atoms with Crippen LogP contribution in [-0.4, -0.2) is 61.1 Å². The summed E-state index contributed by atoms with van der Waals surface area (Å²) in [6, 6.07) is 3.13. The fourth-order valence-corrected chi connectivity index (χ4v) is 2.93. The average Bonchev–Trinajstić information content (AvgIpc) is 2.43. The number of pyridine rings is 1. The number of nitrogens with one attached hydrogen (secondary N) is 1. The third kappa shape index (κ3) is 3.78. The fourth-order valence-electron chi connectivity index (χ4n) is 2.93. The van der Waals surface area contributed by atoms with Crippen LogP contribution in [0, 0.1) is 6.92 Å². The van der Waals surface area contributed by atoms with Crippen molar-refractivity contribution in [2.24, 2.45) is 0 Å². The highest BCUT2D eigenvalue weighted by Gasteiger charge is 2.30. The molecule has 0 aromatic carbocycles. The van der Waals surface area contributed by atoms with Gasteiger partial charge in [0.05, 0.1) is 6.04 Å². The van der Waals surface area contributed by atoms with Crippen LogP contribution in [0.25, 0.3) is 0 Å². The summed E-state index contributed by atoms with van der Waals surface area (Å²) in [5.41, 5.74) is 2.54. The van der Waals surface area contributed by atoms with E-state index >= 15 is 0 Å². The van der Waals surface area contributed by atoms with Crippen molar-refractivity contribution in [2.45, 2.75) is 32.4 Å². The number of aryl methyl sites for hydroxylation is 1. The molecule has 0 aliphatic carbocycles. The standard InChI is InChI=1S/C16H28N4/c1-5-6-18-16(14-9-13(2)10-17-11-14)15-12-19(3)7-8-20(15)4/h9-11,15-16,18H,5-8,12H2,1-4H3. The van der Waals surface area contributed by atoms with Crippen LogP contribution >= 0.6 is 0 Å². The van der Waals surface area contributed by atoms with Crippen molar-refractivity contribution in [1.29, 1.82) is 0 Å². The van der Waals surface area contributed by atoms with Crippen LogP contribution in [0.3, 0.4) is 0 Å². The van der Waals surface area contributed by atoms with Gasteiger partial charge >= 0.3 is 0 Å². The van der Waals surface area contributed by atoms with Gasteiger partial charge in [-0.1, -0.05) is 13.0 Å². The molecule has 1 aliphatic rings. The predicted octanol–water partition coefficient (Wildman–Crippen LogP) is 1.68. The highest BCUT2D eigenvalue weighted by atomic mass is 15.3. The Kier molecular flexibility index (Phi) is 5.52. The molecule has 4 heteroatoms. The molecule has 112 valence electrons. The molecule has 1 aromatic heterocycles. The van der Waals surface area contributed by atoms with Crippen LogP contribution in [0.5, 0.6) is 0 Å². The summed E-state index contributed by atoms with van der Waals surface area (Å²) < 4.78 is 0. The van der Waals surface area contributed by atoms with Gasteiger partial charge in [-0.15, -0.1) is 0 Å². The third-order valence-electron chi connectivity index (χ3n) is 4.15. The van der Waals surface area contributed by atoms with Gasteiger partial charge < -0.3 is 10.2 Å². The van der Waals surface area contributed by atoms with E-state index in [4.69, 9.17) is 0 Å². The zero-order chi connectivity index (χ0) is 14.5. The molecular formula is C16H28N4. The van der Waals surface area contributed by atoms with E-state index in [-0.39, 0.29) is 0 Å². The molecule has 1 aromatic rings. The zero-order valence-electron chi connectivity index (χ0n) is 13.3. The van der Waals surface area contributed by atoms with Crippen molar-refractivity contribution in [2.75, 3.05) is 40.3 Å². The molecule has 0 bridgehead atoms. The van der Waals surface area contributed by atoms with Crippen molar-refractivity contribution >= 4 is 0 Å². The summed E-state index contributed by atoms with van der Waals surface area (Å²) in [5.74, 6) is 0. The molecule has 2 heterocycles. The molecule has 2 rings (SSSR count). The Balaban J connectivity index is 2.21. The molecule has 2 atom stereocenters. The maximum Gasteiger partial charge on any atom is 0.0506 e. The van der Waals surface area contributed by atoms with E-state index < -0.39 is 0 Å². The van der Waals surface area contributed by atoms with Crippen LogP contribution < -0.4 is 5.32 Å². The van der Waals surface area contributed by atoms with Crippen LogP contribution in [0.1, 0.15) is 30.5 Å². The van der Waals surface area contributed by atoms with E-state index in [0.717, 1.165) is 32.6 Å². The smallest absolute Gasteiger partial charge is 0.0506 e. The second-order valence-electron chi connectivity index (χ2n) is 6.04. The number of rotatable bonds is 5. The minimum Gasteiger partial charge on any atom is -0.309 e. The van der Waals surface area contributed by atoms with Crippen molar-refractivity contribution in [1.82, 2.24) is 20.1 Å². The molecule has 0 amide bonds. The maximum atomic E-state index is 4.38. The lowest BCUT2D eigenvalue weighted by Gasteiger charge is -2.42. The van der Waals surface area contributed by atoms with Gasteiger partial charge in [0, 0.05) is 38.1 Å². The average molecular weight is 276 g/mol. The van der Waals surface area contributed by atoms with Gasteiger partial charge in [0.25, 0.3) is 0 Å². The number of piperazine rings is 1. The van der Waals surface area contributed by atoms with Gasteiger partial charge in [0.1, 0.15) is 0 Å². The molecule has 1 N–H and O–H groups in total. The zero-order valence-corrected chi connectivity index (χ0v) is 13.3. The Morgan fingerprint density at radius 2 is 2.15 bits per heavy atom. The highest BCUT2D eigenvalue weighted by molar-refractivity contribution is 5.22. The summed E-state index contributed by atoms with van der Waals surface area (Å²) >= 11 is 0. The van der Waals surface area contributed by atoms with E-state index in [1.165, 1.54) is 11.1 Å². The minimum absolute atomic E-state index is 0.357. The van der Waals surface area contributed by atoms with Crippen molar-refractivity contribution in [3.63, 3.8) is 0 Å². The summed E-state index contributed by atoms with van der Waals surface area (Å²) in [6.07, 6.45) is 5.10. The Morgan fingerprint density at radius 1 is 1.35 bits per heavy atom. The minimum atomic E-state index is 0.357. The van der Waals surface area contributed by atoms with Gasteiger partial charge in [0.15, 0.2) is 0 Å². The van der Waals surface area contributed by atoms with Gasteiger partial charge in [0.2, 0.25) is 0 Å². The van der Waals surface area contributed by atoms with Crippen molar-refractivity contribution in [3.05, 3.63) is 29.6 Å². The van der Waals surface area contributed by atoms with Crippen molar-refractivity contribution < 1.29 is 0 Å². The summed E-state index contributed by atoms with van der Waals surface area (Å²) in [4.78, 5) is 9.29. The predicted molar refractivity (Wildman–Crippen MR) is 83.9 cm³/mol. The molecule has 0 spiro atoms. The third-order valence-corrected chi connectivity index (χ3v) is 4.15. The molecule has 20 heavy (non-hydrogen) atoms. The molecule has 1 aliphatic heterocycles. The first-order chi connectivity index (χ1) is 9.61. The Labute approximate surface area is 123 Å². The lowest BCUT2D eigenvalue weighted by atomic mass is 9.96. The number of likely N-dealkylation sites (N-methyl/N-ethyl adjacent to an activating group) is 2. The first-order valence-electron chi connectivity index (χ1n) is 7.65. The number of hydrogen-bond acceptors (Lipinski definition) is 4. The summed E-state index contributed by atoms with van der Waals surface area (Å²) in [6.45, 7) is 8.77. The second kappa shape index (κ2) is 7.16. The summed E-state index contributed by atoms with van der Waals surface area (Å²) in [7, 11) is 4.45. The number of nitrogens with zero attached hydrogens (tertiary/aromatic N) is 3. The highest BCUT2D eigenvalue weighted by Crippen LogP contribution is 2.23.